The number of allylic oxidation sites excluding steroid dienone is 4. The summed E-state index contributed by atoms with van der Waals surface area (Å²) in [6.45, 7) is 2.40. The van der Waals surface area contributed by atoms with E-state index in [1.165, 1.54) is 77.2 Å². The van der Waals surface area contributed by atoms with E-state index in [9.17, 15) is 0 Å². The van der Waals surface area contributed by atoms with Crippen molar-refractivity contribution in [2.24, 2.45) is 0 Å². The van der Waals surface area contributed by atoms with Crippen molar-refractivity contribution in [3.05, 3.63) is 228 Å². The van der Waals surface area contributed by atoms with Gasteiger partial charge in [-0.25, -0.2) is 15.0 Å². The highest BCUT2D eigenvalue weighted by Gasteiger charge is 2.53. The number of benzene rings is 9. The lowest BCUT2D eigenvalue weighted by Gasteiger charge is -2.33. The Morgan fingerprint density at radius 3 is 1.80 bits per heavy atom. The Labute approximate surface area is 354 Å². The van der Waals surface area contributed by atoms with Gasteiger partial charge in [0.1, 0.15) is 0 Å². The number of hydrogen-bond acceptors (Lipinski definition) is 3. The molecule has 3 heteroatoms. The first kappa shape index (κ1) is 34.1. The molecule has 0 N–H and O–H groups in total. The van der Waals surface area contributed by atoms with E-state index >= 15 is 0 Å². The maximum Gasteiger partial charge on any atom is 0.165 e. The minimum absolute atomic E-state index is 0.495. The van der Waals surface area contributed by atoms with Gasteiger partial charge in [-0.1, -0.05) is 194 Å². The largest absolute Gasteiger partial charge is 0.208 e. The standard InChI is InChI=1S/C58H37N3/c1-35-40-28-14-22-37-23-15-29-43-42-25-10-11-26-44(42)52-47-27-12-13-31-48(47)58(35,54(52)50(37)43)49-32-16-30-45(51(40)49)46-34-33-36-17-8-9-24-41(36)53(46)57-60-55(38-18-4-2-5-19-38)59-56(61-57)39-20-6-3-7-21-39/h2-21,23-34H,22H2,1H3/b28-14-. The van der Waals surface area contributed by atoms with Crippen LogP contribution in [-0.4, -0.2) is 15.0 Å². The molecule has 0 radical (unpaired) electrons. The van der Waals surface area contributed by atoms with E-state index in [-0.39, 0.29) is 0 Å². The van der Waals surface area contributed by atoms with Crippen LogP contribution in [0.25, 0.3) is 94.3 Å². The molecular formula is C58H37N3. The molecule has 0 saturated heterocycles. The summed E-state index contributed by atoms with van der Waals surface area (Å²) in [6, 6.07) is 65.9. The third-order valence-electron chi connectivity index (χ3n) is 13.6. The highest BCUT2D eigenvalue weighted by atomic mass is 15.0. The van der Waals surface area contributed by atoms with Crippen LogP contribution in [0.2, 0.25) is 0 Å². The highest BCUT2D eigenvalue weighted by Crippen LogP contribution is 2.66. The molecule has 2 bridgehead atoms. The summed E-state index contributed by atoms with van der Waals surface area (Å²) < 4.78 is 0. The molecule has 9 aromatic carbocycles. The topological polar surface area (TPSA) is 38.7 Å². The second-order valence-electron chi connectivity index (χ2n) is 16.6. The summed E-state index contributed by atoms with van der Waals surface area (Å²) in [4.78, 5) is 15.8. The van der Waals surface area contributed by atoms with Crippen LogP contribution in [0.5, 0.6) is 0 Å². The van der Waals surface area contributed by atoms with Crippen LogP contribution in [-0.2, 0) is 11.8 Å². The van der Waals surface area contributed by atoms with Gasteiger partial charge in [0.15, 0.2) is 17.5 Å². The lowest BCUT2D eigenvalue weighted by molar-refractivity contribution is 0.773. The molecule has 1 unspecified atom stereocenters. The Morgan fingerprint density at radius 1 is 0.426 bits per heavy atom. The fraction of sp³-hybridized carbons (Fsp3) is 0.0517. The Balaban J connectivity index is 1.16. The van der Waals surface area contributed by atoms with Crippen molar-refractivity contribution >= 4 is 37.9 Å². The predicted molar refractivity (Wildman–Crippen MR) is 251 cm³/mol. The van der Waals surface area contributed by atoms with Crippen LogP contribution < -0.4 is 0 Å². The Kier molecular flexibility index (Phi) is 7.21. The summed E-state index contributed by atoms with van der Waals surface area (Å²) in [5.41, 5.74) is 16.8. The van der Waals surface area contributed by atoms with Crippen molar-refractivity contribution in [1.82, 2.24) is 15.0 Å². The Bertz CT molecular complexity index is 3500. The predicted octanol–water partition coefficient (Wildman–Crippen LogP) is 14.2. The van der Waals surface area contributed by atoms with Crippen LogP contribution in [0.4, 0.5) is 0 Å². The van der Waals surface area contributed by atoms with E-state index in [0.29, 0.717) is 17.5 Å². The summed E-state index contributed by atoms with van der Waals surface area (Å²) in [5.74, 6) is 1.95. The normalized spacial score (nSPS) is 16.3. The van der Waals surface area contributed by atoms with E-state index in [4.69, 9.17) is 15.0 Å². The molecule has 3 nitrogen and oxygen atoms in total. The zero-order chi connectivity index (χ0) is 40.2. The van der Waals surface area contributed by atoms with Gasteiger partial charge in [-0.2, -0.15) is 0 Å². The molecule has 0 fully saturated rings. The Hall–Kier alpha value is -7.75. The minimum atomic E-state index is -0.495. The SMILES string of the molecule is CC1=C2/C=C\Cc3cccc4c3c3c(c5ccccc54)-c4ccccc4C13c1cccc(-c3ccc4ccccc4c3-c3nc(-c4ccccc4)nc(-c4ccccc4)n3)c12. The number of nitrogens with zero attached hydrogens (tertiary/aromatic N) is 3. The number of fused-ring (bicyclic) bond motifs is 8. The first-order valence-corrected chi connectivity index (χ1v) is 21.2. The molecular weight excluding hydrogens is 739 g/mol. The van der Waals surface area contributed by atoms with Gasteiger partial charge in [0, 0.05) is 16.7 Å². The Morgan fingerprint density at radius 2 is 1.02 bits per heavy atom. The van der Waals surface area contributed by atoms with E-state index in [0.717, 1.165) is 39.4 Å². The molecule has 1 aromatic heterocycles. The number of hydrogen-bond donors (Lipinski definition) is 0. The second kappa shape index (κ2) is 12.9. The fourth-order valence-corrected chi connectivity index (χ4v) is 11.1. The molecule has 61 heavy (non-hydrogen) atoms. The van der Waals surface area contributed by atoms with Gasteiger partial charge in [-0.05, 0) is 107 Å². The first-order valence-electron chi connectivity index (χ1n) is 21.2. The lowest BCUT2D eigenvalue weighted by Crippen LogP contribution is -2.27. The van der Waals surface area contributed by atoms with Gasteiger partial charge >= 0.3 is 0 Å². The van der Waals surface area contributed by atoms with Crippen LogP contribution in [0, 0.1) is 0 Å². The molecule has 0 saturated carbocycles. The van der Waals surface area contributed by atoms with Gasteiger partial charge in [-0.15, -0.1) is 0 Å². The molecule has 3 aliphatic rings. The molecule has 284 valence electrons. The van der Waals surface area contributed by atoms with Crippen molar-refractivity contribution in [1.29, 1.82) is 0 Å². The van der Waals surface area contributed by atoms with E-state index < -0.39 is 5.41 Å². The molecule has 10 aromatic rings. The molecule has 0 amide bonds. The molecule has 3 aliphatic carbocycles. The monoisotopic (exact) mass is 775 g/mol. The zero-order valence-corrected chi connectivity index (χ0v) is 33.5. The van der Waals surface area contributed by atoms with Gasteiger partial charge in [0.25, 0.3) is 0 Å². The van der Waals surface area contributed by atoms with Crippen LogP contribution in [0.15, 0.2) is 200 Å². The first-order chi connectivity index (χ1) is 30.2. The summed E-state index contributed by atoms with van der Waals surface area (Å²) in [5, 5.41) is 7.57. The third-order valence-corrected chi connectivity index (χ3v) is 13.6. The average molecular weight is 776 g/mol. The molecule has 1 heterocycles. The molecule has 1 atom stereocenters. The van der Waals surface area contributed by atoms with Gasteiger partial charge in [0.2, 0.25) is 0 Å². The smallest absolute Gasteiger partial charge is 0.165 e. The van der Waals surface area contributed by atoms with E-state index in [2.05, 4.69) is 165 Å². The molecule has 0 aliphatic heterocycles. The summed E-state index contributed by atoms with van der Waals surface area (Å²) >= 11 is 0. The van der Waals surface area contributed by atoms with Crippen molar-refractivity contribution in [3.63, 3.8) is 0 Å². The summed E-state index contributed by atoms with van der Waals surface area (Å²) in [6.07, 6.45) is 5.66. The number of rotatable bonds is 4. The summed E-state index contributed by atoms with van der Waals surface area (Å²) in [7, 11) is 0. The lowest BCUT2D eigenvalue weighted by atomic mass is 9.68. The maximum atomic E-state index is 5.35. The zero-order valence-electron chi connectivity index (χ0n) is 33.5. The molecule has 1 spiro atoms. The van der Waals surface area contributed by atoms with Crippen LogP contribution in [0.3, 0.4) is 0 Å². The van der Waals surface area contributed by atoms with Gasteiger partial charge in [0.05, 0.1) is 5.41 Å². The van der Waals surface area contributed by atoms with Crippen LogP contribution in [0.1, 0.15) is 34.7 Å². The molecule has 13 rings (SSSR count). The van der Waals surface area contributed by atoms with Crippen molar-refractivity contribution in [2.45, 2.75) is 18.8 Å². The van der Waals surface area contributed by atoms with Crippen LogP contribution >= 0.6 is 0 Å². The van der Waals surface area contributed by atoms with Crippen molar-refractivity contribution in [3.8, 4) is 56.4 Å². The van der Waals surface area contributed by atoms with E-state index in [1.54, 1.807) is 0 Å². The van der Waals surface area contributed by atoms with Gasteiger partial charge in [-0.3, -0.25) is 0 Å². The number of aromatic nitrogens is 3. The van der Waals surface area contributed by atoms with Crippen molar-refractivity contribution in [2.75, 3.05) is 0 Å². The van der Waals surface area contributed by atoms with Crippen molar-refractivity contribution < 1.29 is 0 Å². The average Bonchev–Trinajstić information content (AvgIpc) is 3.79. The minimum Gasteiger partial charge on any atom is -0.208 e. The maximum absolute atomic E-state index is 5.35. The highest BCUT2D eigenvalue weighted by molar-refractivity contribution is 6.21. The third kappa shape index (κ3) is 4.66. The fourth-order valence-electron chi connectivity index (χ4n) is 11.1. The quantitative estimate of drug-likeness (QED) is 0.167. The second-order valence-corrected chi connectivity index (χ2v) is 16.6. The van der Waals surface area contributed by atoms with E-state index in [1.807, 2.05) is 36.4 Å². The van der Waals surface area contributed by atoms with Gasteiger partial charge < -0.3 is 0 Å².